The highest BCUT2D eigenvalue weighted by Gasteiger charge is 2.24. The van der Waals surface area contributed by atoms with Gasteiger partial charge in [0.05, 0.1) is 6.67 Å². The van der Waals surface area contributed by atoms with Crippen LogP contribution in [0.1, 0.15) is 51.5 Å². The molecule has 3 rings (SSSR count). The summed E-state index contributed by atoms with van der Waals surface area (Å²) in [4.78, 5) is 15.0. The van der Waals surface area contributed by atoms with Crippen molar-refractivity contribution in [1.29, 1.82) is 0 Å². The largest absolute Gasteiger partial charge is 0.413 e. The predicted octanol–water partition coefficient (Wildman–Crippen LogP) is 3.67. The number of carbonyl (C=O) groups is 1. The van der Waals surface area contributed by atoms with Gasteiger partial charge in [0, 0.05) is 31.0 Å². The molecule has 1 N–H and O–H groups in total. The Hall–Kier alpha value is -1.99. The van der Waals surface area contributed by atoms with Gasteiger partial charge in [-0.2, -0.15) is 0 Å². The van der Waals surface area contributed by atoms with Crippen LogP contribution in [0.4, 0.5) is 0 Å². The van der Waals surface area contributed by atoms with Gasteiger partial charge in [-0.15, -0.1) is 5.10 Å². The van der Waals surface area contributed by atoms with Crippen molar-refractivity contribution in [2.45, 2.75) is 64.6 Å². The number of nitrogens with one attached hydrogen (secondary N) is 1. The van der Waals surface area contributed by atoms with Gasteiger partial charge in [0.2, 0.25) is 11.8 Å². The Labute approximate surface area is 171 Å². The van der Waals surface area contributed by atoms with E-state index in [0.29, 0.717) is 23.8 Å². The Morgan fingerprint density at radius 1 is 1.25 bits per heavy atom. The molecule has 2 aromatic rings. The zero-order valence-corrected chi connectivity index (χ0v) is 17.8. The molecule has 0 unspecified atom stereocenters. The van der Waals surface area contributed by atoms with Crippen molar-refractivity contribution in [2.24, 2.45) is 0 Å². The van der Waals surface area contributed by atoms with Gasteiger partial charge in [0.15, 0.2) is 0 Å². The van der Waals surface area contributed by atoms with Crippen LogP contribution in [0.25, 0.3) is 0 Å². The normalized spacial score (nSPS) is 16.2. The maximum atomic E-state index is 12.2. The van der Waals surface area contributed by atoms with Crippen molar-refractivity contribution in [3.05, 3.63) is 46.6 Å². The molecule has 1 aliphatic rings. The zero-order valence-electron chi connectivity index (χ0n) is 17.0. The summed E-state index contributed by atoms with van der Waals surface area (Å²) in [7, 11) is 0. The van der Waals surface area contributed by atoms with E-state index in [-0.39, 0.29) is 17.4 Å². The first-order chi connectivity index (χ1) is 13.3. The summed E-state index contributed by atoms with van der Waals surface area (Å²) >= 11 is 5.31. The molecule has 0 spiro atoms. The Balaban J connectivity index is 1.43. The van der Waals surface area contributed by atoms with Crippen LogP contribution >= 0.6 is 12.2 Å². The van der Waals surface area contributed by atoms with Gasteiger partial charge in [0.1, 0.15) is 0 Å². The molecule has 1 amide bonds. The minimum Gasteiger partial charge on any atom is -0.413 e. The van der Waals surface area contributed by atoms with E-state index in [9.17, 15) is 4.79 Å². The smallest absolute Gasteiger partial charge is 0.288 e. The summed E-state index contributed by atoms with van der Waals surface area (Å²) in [6.45, 7) is 8.62. The van der Waals surface area contributed by atoms with Crippen LogP contribution in [0.5, 0.6) is 0 Å². The molecule has 0 atom stereocenters. The summed E-state index contributed by atoms with van der Waals surface area (Å²) in [5.74, 6) is 0.800. The van der Waals surface area contributed by atoms with Crippen molar-refractivity contribution < 1.29 is 9.21 Å². The van der Waals surface area contributed by atoms with E-state index in [4.69, 9.17) is 16.6 Å². The average Bonchev–Trinajstić information content (AvgIpc) is 3.03. The number of hydrogen-bond acceptors (Lipinski definition) is 5. The van der Waals surface area contributed by atoms with Crippen molar-refractivity contribution in [2.75, 3.05) is 13.1 Å². The summed E-state index contributed by atoms with van der Waals surface area (Å²) in [6, 6.07) is 10.4. The molecule has 1 aromatic carbocycles. The molecule has 1 aromatic heterocycles. The number of benzene rings is 1. The quantitative estimate of drug-likeness (QED) is 0.747. The van der Waals surface area contributed by atoms with Crippen molar-refractivity contribution in [1.82, 2.24) is 20.0 Å². The molecule has 152 valence electrons. The van der Waals surface area contributed by atoms with Gasteiger partial charge < -0.3 is 9.73 Å². The maximum absolute atomic E-state index is 12.2. The number of hydrogen-bond donors (Lipinski definition) is 1. The highest BCUT2D eigenvalue weighted by Crippen LogP contribution is 2.21. The second-order valence-corrected chi connectivity index (χ2v) is 8.86. The average molecular weight is 403 g/mol. The molecular formula is C21H30N4O2S. The first-order valence-electron chi connectivity index (χ1n) is 9.95. The highest BCUT2D eigenvalue weighted by atomic mass is 32.1. The Morgan fingerprint density at radius 3 is 2.54 bits per heavy atom. The maximum Gasteiger partial charge on any atom is 0.288 e. The predicted molar refractivity (Wildman–Crippen MR) is 112 cm³/mol. The van der Waals surface area contributed by atoms with Gasteiger partial charge >= 0.3 is 0 Å². The van der Waals surface area contributed by atoms with Crippen LogP contribution in [-0.2, 0) is 23.3 Å². The molecule has 6 nitrogen and oxygen atoms in total. The molecule has 2 heterocycles. The lowest BCUT2D eigenvalue weighted by molar-refractivity contribution is -0.122. The molecule has 0 bridgehead atoms. The number of rotatable bonds is 6. The number of aromatic nitrogens is 2. The van der Waals surface area contributed by atoms with Crippen LogP contribution in [0.2, 0.25) is 0 Å². The monoisotopic (exact) mass is 402 g/mol. The lowest BCUT2D eigenvalue weighted by atomic mass is 9.97. The number of nitrogens with zero attached hydrogens (tertiary/aromatic N) is 3. The van der Waals surface area contributed by atoms with Gasteiger partial charge in [0.25, 0.3) is 4.84 Å². The molecule has 0 radical (unpaired) electrons. The summed E-state index contributed by atoms with van der Waals surface area (Å²) in [5, 5.41) is 7.71. The van der Waals surface area contributed by atoms with E-state index in [0.717, 1.165) is 32.4 Å². The van der Waals surface area contributed by atoms with E-state index in [1.54, 1.807) is 4.68 Å². The van der Waals surface area contributed by atoms with Crippen molar-refractivity contribution >= 4 is 18.1 Å². The van der Waals surface area contributed by atoms with Gasteiger partial charge in [-0.1, -0.05) is 51.1 Å². The van der Waals surface area contributed by atoms with Crippen molar-refractivity contribution in [3.63, 3.8) is 0 Å². The summed E-state index contributed by atoms with van der Waals surface area (Å²) in [5.41, 5.74) is 1.04. The Kier molecular flexibility index (Phi) is 6.67. The molecular weight excluding hydrogens is 372 g/mol. The molecule has 28 heavy (non-hydrogen) atoms. The number of carbonyl (C=O) groups excluding carboxylic acids is 1. The van der Waals surface area contributed by atoms with Crippen LogP contribution in [0.3, 0.4) is 0 Å². The topological polar surface area (TPSA) is 63.3 Å². The van der Waals surface area contributed by atoms with E-state index in [1.165, 1.54) is 5.56 Å². The fourth-order valence-electron chi connectivity index (χ4n) is 3.31. The fraction of sp³-hybridized carbons (Fsp3) is 0.571. The molecule has 1 saturated heterocycles. The number of likely N-dealkylation sites (tertiary alicyclic amines) is 1. The van der Waals surface area contributed by atoms with Gasteiger partial charge in [-0.3, -0.25) is 9.69 Å². The second-order valence-electron chi connectivity index (χ2n) is 8.51. The standard InChI is InChI=1S/C21H30N4O2S/c1-21(2,3)19-23-25(20(28)27-19)15-24-13-11-17(12-14-24)22-18(26)10-9-16-7-5-4-6-8-16/h4-8,17H,9-15H2,1-3H3,(H,22,26). The molecule has 1 aliphatic heterocycles. The van der Waals surface area contributed by atoms with Gasteiger partial charge in [-0.05, 0) is 37.0 Å². The zero-order chi connectivity index (χ0) is 20.1. The van der Waals surface area contributed by atoms with Crippen LogP contribution in [-0.4, -0.2) is 39.7 Å². The Bertz CT molecular complexity index is 830. The third-order valence-corrected chi connectivity index (χ3v) is 5.31. The first-order valence-corrected chi connectivity index (χ1v) is 10.4. The Morgan fingerprint density at radius 2 is 1.93 bits per heavy atom. The molecule has 1 fully saturated rings. The van der Waals surface area contributed by atoms with E-state index < -0.39 is 0 Å². The van der Waals surface area contributed by atoms with Gasteiger partial charge in [-0.25, -0.2) is 4.68 Å². The number of amides is 1. The minimum atomic E-state index is -0.157. The first kappa shape index (κ1) is 20.7. The minimum absolute atomic E-state index is 0.135. The summed E-state index contributed by atoms with van der Waals surface area (Å²) < 4.78 is 7.40. The highest BCUT2D eigenvalue weighted by molar-refractivity contribution is 7.71. The van der Waals surface area contributed by atoms with E-state index >= 15 is 0 Å². The molecule has 7 heteroatoms. The lowest BCUT2D eigenvalue weighted by Crippen LogP contribution is -2.45. The third kappa shape index (κ3) is 5.75. The van der Waals surface area contributed by atoms with Crippen LogP contribution in [0.15, 0.2) is 34.7 Å². The van der Waals surface area contributed by atoms with E-state index in [2.05, 4.69) is 48.2 Å². The number of aryl methyl sites for hydroxylation is 1. The van der Waals surface area contributed by atoms with Crippen LogP contribution in [0, 0.1) is 4.84 Å². The van der Waals surface area contributed by atoms with Crippen molar-refractivity contribution in [3.8, 4) is 0 Å². The third-order valence-electron chi connectivity index (χ3n) is 5.02. The lowest BCUT2D eigenvalue weighted by Gasteiger charge is -2.31. The molecule has 0 aliphatic carbocycles. The summed E-state index contributed by atoms with van der Waals surface area (Å²) in [6.07, 6.45) is 3.20. The van der Waals surface area contributed by atoms with Crippen LogP contribution < -0.4 is 5.32 Å². The molecule has 0 saturated carbocycles. The second kappa shape index (κ2) is 9.01. The fourth-order valence-corrected chi connectivity index (χ4v) is 3.49. The SMILES string of the molecule is CC(C)(C)c1nn(CN2CCC(NC(=O)CCc3ccccc3)CC2)c(=S)o1. The van der Waals surface area contributed by atoms with E-state index in [1.807, 2.05) is 18.2 Å². The number of piperidine rings is 1.